The molecule has 1 aliphatic carbocycles. The van der Waals surface area contributed by atoms with Crippen molar-refractivity contribution in [3.8, 4) is 0 Å². The first kappa shape index (κ1) is 23.4. The molecular formula is C20H24F3N3O4. The van der Waals surface area contributed by atoms with Crippen LogP contribution < -0.4 is 11.1 Å². The third-order valence-corrected chi connectivity index (χ3v) is 4.69. The molecule has 0 saturated heterocycles. The lowest BCUT2D eigenvalue weighted by Gasteiger charge is -2.17. The average molecular weight is 427 g/mol. The standard InChI is InChI=1S/C18H23N3O2.C2HF3O2/c1-12(19)18(23)20-16(13-6-7-13)8-9-17(22)21-10-14-4-2-3-5-15(14)11-21;3-2(4,5)1(6)7/h2-5,8-9,12-13,16H,6-7,10-11,19H2,1H3,(H,20,23);(H,6,7)/b9-8+;/t12-,16+;/m0./s1. The molecule has 164 valence electrons. The fraction of sp³-hybridized carbons (Fsp3) is 0.450. The van der Waals surface area contributed by atoms with Gasteiger partial charge in [0.05, 0.1) is 12.1 Å². The number of aliphatic carboxylic acids is 1. The van der Waals surface area contributed by atoms with Gasteiger partial charge in [0.25, 0.3) is 0 Å². The minimum absolute atomic E-state index is 0.0121. The maximum atomic E-state index is 12.4. The van der Waals surface area contributed by atoms with Gasteiger partial charge >= 0.3 is 12.1 Å². The van der Waals surface area contributed by atoms with Crippen LogP contribution in [0.15, 0.2) is 36.4 Å². The summed E-state index contributed by atoms with van der Waals surface area (Å²) in [5, 5.41) is 10.0. The molecule has 1 aromatic rings. The van der Waals surface area contributed by atoms with Crippen LogP contribution in [0.4, 0.5) is 13.2 Å². The summed E-state index contributed by atoms with van der Waals surface area (Å²) < 4.78 is 31.7. The Morgan fingerprint density at radius 1 is 1.20 bits per heavy atom. The van der Waals surface area contributed by atoms with Gasteiger partial charge in [0.15, 0.2) is 0 Å². The van der Waals surface area contributed by atoms with E-state index in [1.807, 2.05) is 23.1 Å². The Hall–Kier alpha value is -2.88. The Morgan fingerprint density at radius 3 is 2.10 bits per heavy atom. The summed E-state index contributed by atoms with van der Waals surface area (Å²) in [6.07, 6.45) is 0.495. The van der Waals surface area contributed by atoms with Crippen LogP contribution in [0.25, 0.3) is 0 Å². The zero-order valence-corrected chi connectivity index (χ0v) is 16.4. The summed E-state index contributed by atoms with van der Waals surface area (Å²) in [5.74, 6) is -2.51. The maximum Gasteiger partial charge on any atom is 0.490 e. The lowest BCUT2D eigenvalue weighted by Crippen LogP contribution is -2.44. The molecule has 0 aromatic heterocycles. The van der Waals surface area contributed by atoms with Crippen molar-refractivity contribution in [2.45, 2.75) is 51.1 Å². The predicted molar refractivity (Wildman–Crippen MR) is 102 cm³/mol. The monoisotopic (exact) mass is 427 g/mol. The molecule has 2 aliphatic rings. The minimum atomic E-state index is -5.08. The number of amides is 2. The van der Waals surface area contributed by atoms with Crippen molar-refractivity contribution in [1.29, 1.82) is 0 Å². The van der Waals surface area contributed by atoms with Crippen molar-refractivity contribution in [3.05, 3.63) is 47.5 Å². The molecule has 4 N–H and O–H groups in total. The van der Waals surface area contributed by atoms with E-state index >= 15 is 0 Å². The molecule has 0 radical (unpaired) electrons. The van der Waals surface area contributed by atoms with E-state index in [4.69, 9.17) is 15.6 Å². The van der Waals surface area contributed by atoms with Crippen molar-refractivity contribution in [3.63, 3.8) is 0 Å². The van der Waals surface area contributed by atoms with Crippen LogP contribution >= 0.6 is 0 Å². The fourth-order valence-electron chi connectivity index (χ4n) is 2.85. The second kappa shape index (κ2) is 9.75. The first-order valence-electron chi connectivity index (χ1n) is 9.39. The Morgan fingerprint density at radius 2 is 1.70 bits per heavy atom. The minimum Gasteiger partial charge on any atom is -0.475 e. The van der Waals surface area contributed by atoms with Crippen molar-refractivity contribution in [2.75, 3.05) is 0 Å². The summed E-state index contributed by atoms with van der Waals surface area (Å²) in [6.45, 7) is 2.97. The number of hydrogen-bond donors (Lipinski definition) is 3. The van der Waals surface area contributed by atoms with E-state index in [0.29, 0.717) is 19.0 Å². The van der Waals surface area contributed by atoms with Crippen LogP contribution in [-0.2, 0) is 27.5 Å². The zero-order valence-electron chi connectivity index (χ0n) is 16.4. The van der Waals surface area contributed by atoms with Gasteiger partial charge in [-0.05, 0) is 36.8 Å². The first-order valence-corrected chi connectivity index (χ1v) is 9.39. The summed E-state index contributed by atoms with van der Waals surface area (Å²) >= 11 is 0. The number of halogens is 3. The van der Waals surface area contributed by atoms with E-state index in [9.17, 15) is 22.8 Å². The summed E-state index contributed by atoms with van der Waals surface area (Å²) in [6, 6.07) is 7.48. The molecule has 1 saturated carbocycles. The van der Waals surface area contributed by atoms with E-state index in [0.717, 1.165) is 12.8 Å². The number of carboxylic acids is 1. The Labute approximate surface area is 171 Å². The van der Waals surface area contributed by atoms with Crippen molar-refractivity contribution < 1.29 is 32.7 Å². The lowest BCUT2D eigenvalue weighted by atomic mass is 10.1. The van der Waals surface area contributed by atoms with Crippen LogP contribution in [0.2, 0.25) is 0 Å². The Balaban J connectivity index is 0.000000396. The van der Waals surface area contributed by atoms with E-state index < -0.39 is 18.2 Å². The van der Waals surface area contributed by atoms with Gasteiger partial charge in [0, 0.05) is 19.2 Å². The zero-order chi connectivity index (χ0) is 22.5. The predicted octanol–water partition coefficient (Wildman–Crippen LogP) is 1.96. The molecule has 1 heterocycles. The molecule has 2 atom stereocenters. The molecule has 0 unspecified atom stereocenters. The highest BCUT2D eigenvalue weighted by Crippen LogP contribution is 2.33. The number of fused-ring (bicyclic) bond motifs is 1. The van der Waals surface area contributed by atoms with E-state index in [-0.39, 0.29) is 17.9 Å². The number of nitrogens with two attached hydrogens (primary N) is 1. The van der Waals surface area contributed by atoms with Gasteiger partial charge in [0.2, 0.25) is 11.8 Å². The van der Waals surface area contributed by atoms with Gasteiger partial charge in [-0.15, -0.1) is 0 Å². The van der Waals surface area contributed by atoms with Gasteiger partial charge in [-0.25, -0.2) is 4.79 Å². The first-order chi connectivity index (χ1) is 14.0. The summed E-state index contributed by atoms with van der Waals surface area (Å²) in [5.41, 5.74) is 8.01. The molecule has 0 spiro atoms. The Bertz CT molecular complexity index is 795. The molecule has 30 heavy (non-hydrogen) atoms. The second-order valence-electron chi connectivity index (χ2n) is 7.29. The van der Waals surface area contributed by atoms with Crippen LogP contribution in [0.3, 0.4) is 0 Å². The van der Waals surface area contributed by atoms with Gasteiger partial charge in [0.1, 0.15) is 0 Å². The van der Waals surface area contributed by atoms with Gasteiger partial charge in [-0.2, -0.15) is 13.2 Å². The Kier molecular flexibility index (Phi) is 7.60. The molecule has 3 rings (SSSR count). The molecule has 7 nitrogen and oxygen atoms in total. The number of alkyl halides is 3. The third-order valence-electron chi connectivity index (χ3n) is 4.69. The van der Waals surface area contributed by atoms with E-state index in [2.05, 4.69) is 17.4 Å². The van der Waals surface area contributed by atoms with Gasteiger partial charge in [-0.3, -0.25) is 9.59 Å². The van der Waals surface area contributed by atoms with Crippen molar-refractivity contribution in [1.82, 2.24) is 10.2 Å². The lowest BCUT2D eigenvalue weighted by molar-refractivity contribution is -0.192. The van der Waals surface area contributed by atoms with Crippen LogP contribution in [0, 0.1) is 5.92 Å². The number of carboxylic acid groups (broad SMARTS) is 1. The van der Waals surface area contributed by atoms with E-state index in [1.54, 1.807) is 13.0 Å². The molecule has 1 aromatic carbocycles. The topological polar surface area (TPSA) is 113 Å². The summed E-state index contributed by atoms with van der Waals surface area (Å²) in [4.78, 5) is 34.9. The number of rotatable bonds is 5. The number of nitrogens with one attached hydrogen (secondary N) is 1. The van der Waals surface area contributed by atoms with Crippen LogP contribution in [0.5, 0.6) is 0 Å². The number of carbonyl (C=O) groups excluding carboxylic acids is 2. The van der Waals surface area contributed by atoms with Crippen molar-refractivity contribution >= 4 is 17.8 Å². The second-order valence-corrected chi connectivity index (χ2v) is 7.29. The number of carbonyl (C=O) groups is 3. The highest BCUT2D eigenvalue weighted by molar-refractivity contribution is 5.88. The average Bonchev–Trinajstić information content (AvgIpc) is 3.42. The summed E-state index contributed by atoms with van der Waals surface area (Å²) in [7, 11) is 0. The number of hydrogen-bond acceptors (Lipinski definition) is 4. The highest BCUT2D eigenvalue weighted by Gasteiger charge is 2.38. The highest BCUT2D eigenvalue weighted by atomic mass is 19.4. The molecule has 2 amide bonds. The van der Waals surface area contributed by atoms with Crippen molar-refractivity contribution in [2.24, 2.45) is 11.7 Å². The molecule has 1 fully saturated rings. The van der Waals surface area contributed by atoms with Crippen LogP contribution in [0.1, 0.15) is 30.9 Å². The van der Waals surface area contributed by atoms with Crippen LogP contribution in [-0.4, -0.2) is 46.1 Å². The number of nitrogens with zero attached hydrogens (tertiary/aromatic N) is 1. The third kappa shape index (κ3) is 6.87. The SMILES string of the molecule is C[C@H](N)C(=O)N[C@H](/C=C/C(=O)N1Cc2ccccc2C1)C1CC1.O=C(O)C(F)(F)F. The molecular weight excluding hydrogens is 403 g/mol. The largest absolute Gasteiger partial charge is 0.490 e. The fourth-order valence-corrected chi connectivity index (χ4v) is 2.85. The van der Waals surface area contributed by atoms with E-state index in [1.165, 1.54) is 11.1 Å². The molecule has 10 heteroatoms. The van der Waals surface area contributed by atoms with Gasteiger partial charge in [-0.1, -0.05) is 30.3 Å². The molecule has 0 bridgehead atoms. The molecule has 1 aliphatic heterocycles. The normalized spacial score (nSPS) is 17.6. The smallest absolute Gasteiger partial charge is 0.475 e. The van der Waals surface area contributed by atoms with Gasteiger partial charge < -0.3 is 21.1 Å². The quantitative estimate of drug-likeness (QED) is 0.622. The maximum absolute atomic E-state index is 12.4. The number of benzene rings is 1.